The van der Waals surface area contributed by atoms with Crippen molar-refractivity contribution in [3.63, 3.8) is 0 Å². The van der Waals surface area contributed by atoms with E-state index >= 15 is 0 Å². The number of carbonyl (C=O) groups excluding carboxylic acids is 2. The highest BCUT2D eigenvalue weighted by atomic mass is 19.4. The molecule has 1 unspecified atom stereocenters. The predicted octanol–water partition coefficient (Wildman–Crippen LogP) is 1.80. The summed E-state index contributed by atoms with van der Waals surface area (Å²) in [5.41, 5.74) is -2.24. The van der Waals surface area contributed by atoms with Crippen molar-refractivity contribution in [2.75, 3.05) is 13.6 Å². The van der Waals surface area contributed by atoms with Gasteiger partial charge >= 0.3 is 6.18 Å². The van der Waals surface area contributed by atoms with Gasteiger partial charge in [0.05, 0.1) is 11.1 Å². The summed E-state index contributed by atoms with van der Waals surface area (Å²) in [5, 5.41) is 2.26. The molecule has 1 aliphatic rings. The van der Waals surface area contributed by atoms with E-state index in [1.165, 1.54) is 4.90 Å². The first-order valence-corrected chi connectivity index (χ1v) is 6.13. The molecule has 4 nitrogen and oxygen atoms in total. The van der Waals surface area contributed by atoms with Crippen LogP contribution in [0.4, 0.5) is 17.6 Å². The van der Waals surface area contributed by atoms with Crippen LogP contribution in [0.15, 0.2) is 18.2 Å². The lowest BCUT2D eigenvalue weighted by Crippen LogP contribution is -2.41. The van der Waals surface area contributed by atoms with Crippen LogP contribution in [0.1, 0.15) is 22.3 Å². The third kappa shape index (κ3) is 2.98. The van der Waals surface area contributed by atoms with Gasteiger partial charge in [0.25, 0.3) is 5.91 Å². The van der Waals surface area contributed by atoms with Crippen LogP contribution >= 0.6 is 0 Å². The first-order chi connectivity index (χ1) is 9.71. The van der Waals surface area contributed by atoms with E-state index in [9.17, 15) is 27.2 Å². The summed E-state index contributed by atoms with van der Waals surface area (Å²) in [5.74, 6) is -3.02. The quantitative estimate of drug-likeness (QED) is 0.847. The van der Waals surface area contributed by atoms with Crippen molar-refractivity contribution in [1.82, 2.24) is 10.2 Å². The van der Waals surface area contributed by atoms with Gasteiger partial charge in [0.2, 0.25) is 5.91 Å². The van der Waals surface area contributed by atoms with Gasteiger partial charge < -0.3 is 10.2 Å². The fourth-order valence-electron chi connectivity index (χ4n) is 2.12. The van der Waals surface area contributed by atoms with Crippen molar-refractivity contribution in [2.24, 2.45) is 0 Å². The molecule has 1 N–H and O–H groups in total. The maximum absolute atomic E-state index is 13.8. The number of hydrogen-bond donors (Lipinski definition) is 1. The van der Waals surface area contributed by atoms with Gasteiger partial charge in [0.15, 0.2) is 0 Å². The van der Waals surface area contributed by atoms with Gasteiger partial charge in [-0.2, -0.15) is 13.2 Å². The summed E-state index contributed by atoms with van der Waals surface area (Å²) in [7, 11) is 1.54. The van der Waals surface area contributed by atoms with E-state index in [2.05, 4.69) is 5.32 Å². The first kappa shape index (κ1) is 15.3. The molecule has 1 atom stereocenters. The van der Waals surface area contributed by atoms with E-state index in [4.69, 9.17) is 0 Å². The summed E-state index contributed by atoms with van der Waals surface area (Å²) in [6, 6.07) is 1.61. The monoisotopic (exact) mass is 304 g/mol. The van der Waals surface area contributed by atoms with Gasteiger partial charge in [-0.1, -0.05) is 6.07 Å². The number of carbonyl (C=O) groups is 2. The summed E-state index contributed by atoms with van der Waals surface area (Å²) in [4.78, 5) is 24.9. The van der Waals surface area contributed by atoms with Crippen LogP contribution in [-0.2, 0) is 11.0 Å². The summed E-state index contributed by atoms with van der Waals surface area (Å²) in [6.07, 6.45) is -4.55. The van der Waals surface area contributed by atoms with Crippen LogP contribution in [0, 0.1) is 5.82 Å². The number of nitrogens with zero attached hydrogens (tertiary/aromatic N) is 1. The zero-order chi connectivity index (χ0) is 15.8. The Bertz CT molecular complexity index is 586. The zero-order valence-electron chi connectivity index (χ0n) is 11.0. The van der Waals surface area contributed by atoms with Crippen LogP contribution in [-0.4, -0.2) is 36.3 Å². The number of nitrogens with one attached hydrogen (secondary N) is 1. The van der Waals surface area contributed by atoms with Gasteiger partial charge in [0.1, 0.15) is 11.9 Å². The standard InChI is InChI=1S/C13H12F4N2O2/c1-19-6-5-9(12(19)21)18-11(20)7-3-2-4-8(10(7)14)13(15,16)17/h2-4,9H,5-6H2,1H3,(H,18,20). The highest BCUT2D eigenvalue weighted by molar-refractivity contribution is 5.98. The van der Waals surface area contributed by atoms with E-state index in [-0.39, 0.29) is 5.91 Å². The number of rotatable bonds is 2. The van der Waals surface area contributed by atoms with Crippen LogP contribution in [0.2, 0.25) is 0 Å². The number of halogens is 4. The van der Waals surface area contributed by atoms with Crippen LogP contribution < -0.4 is 5.32 Å². The van der Waals surface area contributed by atoms with Gasteiger partial charge in [-0.15, -0.1) is 0 Å². The van der Waals surface area contributed by atoms with Gasteiger partial charge in [-0.05, 0) is 18.6 Å². The Kier molecular flexibility index (Phi) is 3.89. The average Bonchev–Trinajstić information content (AvgIpc) is 2.69. The summed E-state index contributed by atoms with van der Waals surface area (Å²) in [6.45, 7) is 0.425. The van der Waals surface area contributed by atoms with Gasteiger partial charge in [0, 0.05) is 13.6 Å². The molecule has 8 heteroatoms. The molecular weight excluding hydrogens is 292 g/mol. The molecule has 2 rings (SSSR count). The SMILES string of the molecule is CN1CCC(NC(=O)c2cccc(C(F)(F)F)c2F)C1=O. The van der Waals surface area contributed by atoms with E-state index in [1.54, 1.807) is 7.05 Å². The number of likely N-dealkylation sites (tertiary alicyclic amines) is 1. The third-order valence-electron chi connectivity index (χ3n) is 3.28. The zero-order valence-corrected chi connectivity index (χ0v) is 11.0. The van der Waals surface area contributed by atoms with Crippen molar-refractivity contribution in [3.05, 3.63) is 35.1 Å². The highest BCUT2D eigenvalue weighted by Crippen LogP contribution is 2.32. The minimum atomic E-state index is -4.89. The summed E-state index contributed by atoms with van der Waals surface area (Å²) < 4.78 is 51.5. The van der Waals surface area contributed by atoms with Crippen LogP contribution in [0.25, 0.3) is 0 Å². The van der Waals surface area contributed by atoms with Crippen molar-refractivity contribution < 1.29 is 27.2 Å². The lowest BCUT2D eigenvalue weighted by atomic mass is 10.1. The van der Waals surface area contributed by atoms with Crippen molar-refractivity contribution in [1.29, 1.82) is 0 Å². The number of hydrogen-bond acceptors (Lipinski definition) is 2. The van der Waals surface area contributed by atoms with Crippen LogP contribution in [0.3, 0.4) is 0 Å². The topological polar surface area (TPSA) is 49.4 Å². The Balaban J connectivity index is 2.23. The smallest absolute Gasteiger partial charge is 0.344 e. The minimum absolute atomic E-state index is 0.335. The van der Waals surface area contributed by atoms with E-state index in [0.29, 0.717) is 19.0 Å². The molecule has 1 aromatic rings. The Morgan fingerprint density at radius 2 is 2.05 bits per heavy atom. The highest BCUT2D eigenvalue weighted by Gasteiger charge is 2.36. The number of benzene rings is 1. The molecule has 114 valence electrons. The van der Waals surface area contributed by atoms with Crippen molar-refractivity contribution >= 4 is 11.8 Å². The Morgan fingerprint density at radius 1 is 1.38 bits per heavy atom. The lowest BCUT2D eigenvalue weighted by molar-refractivity contribution is -0.140. The van der Waals surface area contributed by atoms with Gasteiger partial charge in [-0.3, -0.25) is 9.59 Å². The van der Waals surface area contributed by atoms with Gasteiger partial charge in [-0.25, -0.2) is 4.39 Å². The number of amides is 2. The Labute approximate surface area is 117 Å². The van der Waals surface area contributed by atoms with Crippen molar-refractivity contribution in [2.45, 2.75) is 18.6 Å². The predicted molar refractivity (Wildman–Crippen MR) is 64.9 cm³/mol. The van der Waals surface area contributed by atoms with Crippen LogP contribution in [0.5, 0.6) is 0 Å². The molecule has 0 aliphatic carbocycles. The van der Waals surface area contributed by atoms with E-state index < -0.39 is 35.1 Å². The molecule has 0 spiro atoms. The third-order valence-corrected chi connectivity index (χ3v) is 3.28. The molecule has 0 radical (unpaired) electrons. The van der Waals surface area contributed by atoms with E-state index in [1.807, 2.05) is 0 Å². The second-order valence-corrected chi connectivity index (χ2v) is 4.74. The minimum Gasteiger partial charge on any atom is -0.344 e. The molecular formula is C13H12F4N2O2. The Hall–Kier alpha value is -2.12. The summed E-state index contributed by atoms with van der Waals surface area (Å²) >= 11 is 0. The number of likely N-dealkylation sites (N-methyl/N-ethyl adjacent to an activating group) is 1. The molecule has 21 heavy (non-hydrogen) atoms. The second-order valence-electron chi connectivity index (χ2n) is 4.74. The second kappa shape index (κ2) is 5.34. The maximum Gasteiger partial charge on any atom is 0.419 e. The fourth-order valence-corrected chi connectivity index (χ4v) is 2.12. The lowest BCUT2D eigenvalue weighted by Gasteiger charge is -2.14. The van der Waals surface area contributed by atoms with E-state index in [0.717, 1.165) is 12.1 Å². The molecule has 1 fully saturated rings. The molecule has 1 saturated heterocycles. The molecule has 0 aromatic heterocycles. The normalized spacial score (nSPS) is 19.0. The molecule has 2 amide bonds. The Morgan fingerprint density at radius 3 is 2.57 bits per heavy atom. The maximum atomic E-state index is 13.8. The van der Waals surface area contributed by atoms with Crippen molar-refractivity contribution in [3.8, 4) is 0 Å². The fraction of sp³-hybridized carbons (Fsp3) is 0.385. The largest absolute Gasteiger partial charge is 0.419 e. The molecule has 0 bridgehead atoms. The molecule has 1 aliphatic heterocycles. The first-order valence-electron chi connectivity index (χ1n) is 6.13. The average molecular weight is 304 g/mol. The molecule has 0 saturated carbocycles. The molecule has 1 aromatic carbocycles. The molecule has 1 heterocycles. The number of alkyl halides is 3.